The number of rotatable bonds is 4. The van der Waals surface area contributed by atoms with Crippen molar-refractivity contribution in [3.63, 3.8) is 0 Å². The Labute approximate surface area is 115 Å². The number of phenols is 1. The van der Waals surface area contributed by atoms with Gasteiger partial charge in [-0.2, -0.15) is 0 Å². The SMILES string of the molecule is CC(=O)N(C1CC1)C(C(=O)O)c1ccc(O)c(Cl)c1. The predicted molar refractivity (Wildman–Crippen MR) is 69.0 cm³/mol. The molecule has 1 aromatic rings. The molecule has 1 aliphatic carbocycles. The molecule has 102 valence electrons. The van der Waals surface area contributed by atoms with E-state index in [1.165, 1.54) is 30.0 Å². The van der Waals surface area contributed by atoms with E-state index in [9.17, 15) is 19.8 Å². The van der Waals surface area contributed by atoms with Gasteiger partial charge in [0.25, 0.3) is 0 Å². The van der Waals surface area contributed by atoms with E-state index in [-0.39, 0.29) is 22.7 Å². The minimum Gasteiger partial charge on any atom is -0.506 e. The highest BCUT2D eigenvalue weighted by Gasteiger charge is 2.40. The highest BCUT2D eigenvalue weighted by molar-refractivity contribution is 6.32. The van der Waals surface area contributed by atoms with Gasteiger partial charge in [0.2, 0.25) is 5.91 Å². The van der Waals surface area contributed by atoms with Gasteiger partial charge in [0.05, 0.1) is 5.02 Å². The largest absolute Gasteiger partial charge is 0.506 e. The summed E-state index contributed by atoms with van der Waals surface area (Å²) in [5.41, 5.74) is 0.386. The van der Waals surface area contributed by atoms with Crippen molar-refractivity contribution in [2.24, 2.45) is 0 Å². The van der Waals surface area contributed by atoms with Crippen molar-refractivity contribution >= 4 is 23.5 Å². The van der Waals surface area contributed by atoms with Gasteiger partial charge in [-0.25, -0.2) is 4.79 Å². The lowest BCUT2D eigenvalue weighted by Crippen LogP contribution is -2.39. The van der Waals surface area contributed by atoms with Gasteiger partial charge in [-0.15, -0.1) is 0 Å². The van der Waals surface area contributed by atoms with Crippen LogP contribution in [0.5, 0.6) is 5.75 Å². The molecule has 1 saturated carbocycles. The molecule has 19 heavy (non-hydrogen) atoms. The van der Waals surface area contributed by atoms with Crippen LogP contribution in [0.1, 0.15) is 31.4 Å². The minimum atomic E-state index is -1.11. The smallest absolute Gasteiger partial charge is 0.331 e. The molecule has 1 fully saturated rings. The van der Waals surface area contributed by atoms with E-state index >= 15 is 0 Å². The Bertz CT molecular complexity index is 527. The standard InChI is InChI=1S/C13H14ClNO4/c1-7(16)15(9-3-4-9)12(13(18)19)8-2-5-11(17)10(14)6-8/h2,5-6,9,12,17H,3-4H2,1H3,(H,18,19). The molecule has 0 aromatic heterocycles. The van der Waals surface area contributed by atoms with Crippen molar-refractivity contribution in [1.29, 1.82) is 0 Å². The topological polar surface area (TPSA) is 77.8 Å². The van der Waals surface area contributed by atoms with Gasteiger partial charge < -0.3 is 15.1 Å². The van der Waals surface area contributed by atoms with Gasteiger partial charge >= 0.3 is 5.97 Å². The Morgan fingerprint density at radius 2 is 2.05 bits per heavy atom. The first-order chi connectivity index (χ1) is 8.91. The molecule has 1 amide bonds. The van der Waals surface area contributed by atoms with Crippen LogP contribution in [0.3, 0.4) is 0 Å². The van der Waals surface area contributed by atoms with E-state index in [4.69, 9.17) is 11.6 Å². The predicted octanol–water partition coefficient (Wildman–Crippen LogP) is 2.18. The molecule has 0 heterocycles. The second-order valence-electron chi connectivity index (χ2n) is 4.61. The van der Waals surface area contributed by atoms with Crippen LogP contribution in [0.15, 0.2) is 18.2 Å². The summed E-state index contributed by atoms with van der Waals surface area (Å²) in [6.07, 6.45) is 1.63. The Morgan fingerprint density at radius 3 is 2.47 bits per heavy atom. The second-order valence-corrected chi connectivity index (χ2v) is 5.02. The zero-order chi connectivity index (χ0) is 14.2. The van der Waals surface area contributed by atoms with E-state index in [1.54, 1.807) is 0 Å². The quantitative estimate of drug-likeness (QED) is 0.888. The molecule has 0 aliphatic heterocycles. The summed E-state index contributed by atoms with van der Waals surface area (Å²) in [6.45, 7) is 1.36. The molecular weight excluding hydrogens is 270 g/mol. The Hall–Kier alpha value is -1.75. The Kier molecular flexibility index (Phi) is 3.66. The van der Waals surface area contributed by atoms with Crippen molar-refractivity contribution in [2.75, 3.05) is 0 Å². The highest BCUT2D eigenvalue weighted by atomic mass is 35.5. The van der Waals surface area contributed by atoms with Gasteiger partial charge in [0, 0.05) is 13.0 Å². The maximum absolute atomic E-state index is 11.7. The van der Waals surface area contributed by atoms with Gasteiger partial charge in [0.15, 0.2) is 6.04 Å². The summed E-state index contributed by atoms with van der Waals surface area (Å²) in [7, 11) is 0. The van der Waals surface area contributed by atoms with Crippen LogP contribution in [0, 0.1) is 0 Å². The first kappa shape index (κ1) is 13.7. The van der Waals surface area contributed by atoms with E-state index < -0.39 is 12.0 Å². The van der Waals surface area contributed by atoms with Crippen molar-refractivity contribution in [3.8, 4) is 5.75 Å². The average molecular weight is 284 g/mol. The molecule has 2 rings (SSSR count). The molecule has 1 aromatic carbocycles. The lowest BCUT2D eigenvalue weighted by atomic mass is 10.0. The summed E-state index contributed by atoms with van der Waals surface area (Å²) in [4.78, 5) is 24.5. The fraction of sp³-hybridized carbons (Fsp3) is 0.385. The van der Waals surface area contributed by atoms with Crippen molar-refractivity contribution in [2.45, 2.75) is 31.8 Å². The summed E-state index contributed by atoms with van der Waals surface area (Å²) in [5.74, 6) is -1.50. The van der Waals surface area contributed by atoms with Crippen LogP contribution in [0.2, 0.25) is 5.02 Å². The summed E-state index contributed by atoms with van der Waals surface area (Å²) in [6, 6.07) is 3.10. The average Bonchev–Trinajstić information content (AvgIpc) is 3.12. The molecule has 0 bridgehead atoms. The molecule has 0 radical (unpaired) electrons. The molecule has 0 spiro atoms. The number of phenolic OH excluding ortho intramolecular Hbond substituents is 1. The molecule has 0 saturated heterocycles. The van der Waals surface area contributed by atoms with Crippen molar-refractivity contribution in [3.05, 3.63) is 28.8 Å². The molecule has 5 nitrogen and oxygen atoms in total. The van der Waals surface area contributed by atoms with Gasteiger partial charge in [-0.05, 0) is 30.5 Å². The maximum Gasteiger partial charge on any atom is 0.331 e. The third kappa shape index (κ3) is 2.81. The molecule has 1 unspecified atom stereocenters. The maximum atomic E-state index is 11.7. The van der Waals surface area contributed by atoms with Crippen LogP contribution in [0.4, 0.5) is 0 Å². The molecule has 1 atom stereocenters. The van der Waals surface area contributed by atoms with Crippen LogP contribution in [-0.2, 0) is 9.59 Å². The Morgan fingerprint density at radius 1 is 1.42 bits per heavy atom. The van der Waals surface area contributed by atoms with E-state index in [0.717, 1.165) is 12.8 Å². The second kappa shape index (κ2) is 5.09. The van der Waals surface area contributed by atoms with Crippen LogP contribution < -0.4 is 0 Å². The normalized spacial score (nSPS) is 15.9. The number of nitrogens with zero attached hydrogens (tertiary/aromatic N) is 1. The number of benzene rings is 1. The van der Waals surface area contributed by atoms with Gasteiger partial charge in [-0.3, -0.25) is 4.79 Å². The number of carboxylic acids is 1. The number of aliphatic carboxylic acids is 1. The molecule has 1 aliphatic rings. The summed E-state index contributed by atoms with van der Waals surface area (Å²) >= 11 is 5.80. The van der Waals surface area contributed by atoms with Crippen molar-refractivity contribution < 1.29 is 19.8 Å². The fourth-order valence-corrected chi connectivity index (χ4v) is 2.31. The summed E-state index contributed by atoms with van der Waals surface area (Å²) in [5, 5.41) is 18.8. The molecule has 2 N–H and O–H groups in total. The molecule has 6 heteroatoms. The fourth-order valence-electron chi connectivity index (χ4n) is 2.12. The van der Waals surface area contributed by atoms with Crippen molar-refractivity contribution in [1.82, 2.24) is 4.90 Å². The number of carbonyl (C=O) groups excluding carboxylic acids is 1. The molecular formula is C13H14ClNO4. The zero-order valence-corrected chi connectivity index (χ0v) is 11.1. The number of amides is 1. The number of hydrogen-bond acceptors (Lipinski definition) is 3. The Balaban J connectivity index is 2.41. The van der Waals surface area contributed by atoms with Crippen LogP contribution in [0.25, 0.3) is 0 Å². The number of carboxylic acid groups (broad SMARTS) is 1. The minimum absolute atomic E-state index is 0.0221. The van der Waals surface area contributed by atoms with Crippen LogP contribution >= 0.6 is 11.6 Å². The lowest BCUT2D eigenvalue weighted by Gasteiger charge is -2.28. The van der Waals surface area contributed by atoms with Gasteiger partial charge in [0.1, 0.15) is 5.75 Å². The number of aromatic hydroxyl groups is 1. The highest BCUT2D eigenvalue weighted by Crippen LogP contribution is 2.36. The van der Waals surface area contributed by atoms with Gasteiger partial charge in [-0.1, -0.05) is 17.7 Å². The van der Waals surface area contributed by atoms with Crippen LogP contribution in [-0.4, -0.2) is 33.0 Å². The third-order valence-corrected chi connectivity index (χ3v) is 3.41. The van der Waals surface area contributed by atoms with E-state index in [1.807, 2.05) is 0 Å². The number of carbonyl (C=O) groups is 2. The first-order valence-corrected chi connectivity index (χ1v) is 6.29. The third-order valence-electron chi connectivity index (χ3n) is 3.10. The first-order valence-electron chi connectivity index (χ1n) is 5.92. The number of halogens is 1. The zero-order valence-electron chi connectivity index (χ0n) is 10.3. The van der Waals surface area contributed by atoms with E-state index in [0.29, 0.717) is 5.56 Å². The summed E-state index contributed by atoms with van der Waals surface area (Å²) < 4.78 is 0. The number of hydrogen-bond donors (Lipinski definition) is 2. The monoisotopic (exact) mass is 283 g/mol. The van der Waals surface area contributed by atoms with E-state index in [2.05, 4.69) is 0 Å². The lowest BCUT2D eigenvalue weighted by molar-refractivity contribution is -0.150.